The summed E-state index contributed by atoms with van der Waals surface area (Å²) in [6, 6.07) is 0. The van der Waals surface area contributed by atoms with E-state index in [0.717, 1.165) is 5.69 Å². The van der Waals surface area contributed by atoms with Crippen LogP contribution in [0, 0.1) is 0 Å². The normalized spacial score (nSPS) is 10.2. The first-order valence-electron chi connectivity index (χ1n) is 4.82. The molecule has 1 heterocycles. The molecular weight excluding hydrogens is 248 g/mol. The van der Waals surface area contributed by atoms with E-state index in [4.69, 9.17) is 28.6 Å². The van der Waals surface area contributed by atoms with Gasteiger partial charge in [-0.05, 0) is 12.2 Å². The van der Waals surface area contributed by atoms with Gasteiger partial charge in [0.15, 0.2) is 5.11 Å². The minimum absolute atomic E-state index is 0.550. The molecule has 0 atom stereocenters. The summed E-state index contributed by atoms with van der Waals surface area (Å²) in [7, 11) is 3.48. The second-order valence-electron chi connectivity index (χ2n) is 3.17. The van der Waals surface area contributed by atoms with Gasteiger partial charge in [-0.25, -0.2) is 0 Å². The minimum Gasteiger partial charge on any atom is -0.383 e. The Labute approximate surface area is 105 Å². The van der Waals surface area contributed by atoms with E-state index in [-0.39, 0.29) is 0 Å². The van der Waals surface area contributed by atoms with E-state index >= 15 is 0 Å². The van der Waals surface area contributed by atoms with Crippen molar-refractivity contribution in [2.45, 2.75) is 6.54 Å². The number of aryl methyl sites for hydroxylation is 1. The quantitative estimate of drug-likeness (QED) is 0.604. The van der Waals surface area contributed by atoms with Gasteiger partial charge in [0, 0.05) is 20.7 Å². The van der Waals surface area contributed by atoms with Crippen molar-refractivity contribution in [2.24, 2.45) is 7.05 Å². The van der Waals surface area contributed by atoms with Gasteiger partial charge < -0.3 is 15.4 Å². The van der Waals surface area contributed by atoms with Crippen molar-refractivity contribution in [1.29, 1.82) is 0 Å². The van der Waals surface area contributed by atoms with Gasteiger partial charge in [-0.1, -0.05) is 11.6 Å². The summed E-state index contributed by atoms with van der Waals surface area (Å²) in [4.78, 5) is 0. The largest absolute Gasteiger partial charge is 0.383 e. The van der Waals surface area contributed by atoms with Gasteiger partial charge in [-0.15, -0.1) is 0 Å². The lowest BCUT2D eigenvalue weighted by atomic mass is 10.4. The minimum atomic E-state index is 0.550. The van der Waals surface area contributed by atoms with Crippen LogP contribution in [0.2, 0.25) is 5.02 Å². The molecule has 90 valence electrons. The molecule has 0 aliphatic heterocycles. The lowest BCUT2D eigenvalue weighted by molar-refractivity contribution is 0.204. The number of aromatic nitrogens is 2. The monoisotopic (exact) mass is 262 g/mol. The van der Waals surface area contributed by atoms with Crippen LogP contribution in [0.25, 0.3) is 0 Å². The fourth-order valence-corrected chi connectivity index (χ4v) is 1.54. The van der Waals surface area contributed by atoms with Crippen molar-refractivity contribution in [3.05, 3.63) is 16.9 Å². The summed E-state index contributed by atoms with van der Waals surface area (Å²) in [5.41, 5.74) is 0.901. The molecule has 0 saturated heterocycles. The zero-order chi connectivity index (χ0) is 12.0. The Morgan fingerprint density at radius 1 is 1.62 bits per heavy atom. The van der Waals surface area contributed by atoms with Crippen LogP contribution in [0.1, 0.15) is 5.69 Å². The molecule has 1 aromatic rings. The van der Waals surface area contributed by atoms with Crippen molar-refractivity contribution in [2.75, 3.05) is 20.3 Å². The number of ether oxygens (including phenoxy) is 1. The molecule has 1 rings (SSSR count). The van der Waals surface area contributed by atoms with Crippen molar-refractivity contribution in [3.8, 4) is 0 Å². The highest BCUT2D eigenvalue weighted by atomic mass is 35.5. The summed E-state index contributed by atoms with van der Waals surface area (Å²) < 4.78 is 6.61. The van der Waals surface area contributed by atoms with E-state index in [9.17, 15) is 0 Å². The Morgan fingerprint density at radius 3 is 2.94 bits per heavy atom. The molecule has 0 bridgehead atoms. The highest BCUT2D eigenvalue weighted by molar-refractivity contribution is 7.80. The van der Waals surface area contributed by atoms with E-state index in [0.29, 0.717) is 29.8 Å². The van der Waals surface area contributed by atoms with E-state index < -0.39 is 0 Å². The Morgan fingerprint density at radius 2 is 2.38 bits per heavy atom. The smallest absolute Gasteiger partial charge is 0.166 e. The zero-order valence-corrected chi connectivity index (χ0v) is 10.9. The van der Waals surface area contributed by atoms with Gasteiger partial charge >= 0.3 is 0 Å². The second kappa shape index (κ2) is 6.67. The van der Waals surface area contributed by atoms with E-state index in [1.165, 1.54) is 0 Å². The van der Waals surface area contributed by atoms with E-state index in [1.807, 2.05) is 7.05 Å². The average Bonchev–Trinajstić information content (AvgIpc) is 2.57. The maximum absolute atomic E-state index is 5.95. The number of halogens is 1. The van der Waals surface area contributed by atoms with Crippen LogP contribution in [0.15, 0.2) is 6.20 Å². The molecule has 0 radical (unpaired) electrons. The molecule has 0 fully saturated rings. The van der Waals surface area contributed by atoms with Gasteiger partial charge in [0.05, 0.1) is 30.1 Å². The summed E-state index contributed by atoms with van der Waals surface area (Å²) >= 11 is 11.0. The van der Waals surface area contributed by atoms with Gasteiger partial charge in [0.1, 0.15) is 0 Å². The lowest BCUT2D eigenvalue weighted by Crippen LogP contribution is -2.36. The van der Waals surface area contributed by atoms with Crippen molar-refractivity contribution < 1.29 is 4.74 Å². The predicted molar refractivity (Wildman–Crippen MR) is 67.5 cm³/mol. The van der Waals surface area contributed by atoms with E-state index in [2.05, 4.69) is 15.7 Å². The summed E-state index contributed by atoms with van der Waals surface area (Å²) in [6.07, 6.45) is 1.61. The number of methoxy groups -OCH3 is 1. The van der Waals surface area contributed by atoms with Gasteiger partial charge in [-0.2, -0.15) is 5.10 Å². The van der Waals surface area contributed by atoms with Crippen LogP contribution in [-0.4, -0.2) is 35.2 Å². The first-order valence-corrected chi connectivity index (χ1v) is 5.60. The van der Waals surface area contributed by atoms with Crippen molar-refractivity contribution >= 4 is 28.9 Å². The summed E-state index contributed by atoms with van der Waals surface area (Å²) in [5.74, 6) is 0. The van der Waals surface area contributed by atoms with Crippen LogP contribution >= 0.6 is 23.8 Å². The molecular formula is C9H15ClN4OS. The first kappa shape index (κ1) is 13.2. The molecule has 0 aliphatic carbocycles. The third-order valence-electron chi connectivity index (χ3n) is 2.02. The maximum Gasteiger partial charge on any atom is 0.166 e. The second-order valence-corrected chi connectivity index (χ2v) is 3.98. The number of hydrogen-bond acceptors (Lipinski definition) is 3. The summed E-state index contributed by atoms with van der Waals surface area (Å²) in [5, 5.41) is 11.3. The SMILES string of the molecule is COCCNC(=S)NCc1c(Cl)cnn1C. The number of nitrogens with one attached hydrogen (secondary N) is 2. The molecule has 1 aromatic heterocycles. The standard InChI is InChI=1S/C9H15ClN4OS/c1-14-8(7(10)5-13-14)6-12-9(16)11-3-4-15-2/h5H,3-4,6H2,1-2H3,(H2,11,12,16). The van der Waals surface area contributed by atoms with Gasteiger partial charge in [0.25, 0.3) is 0 Å². The Balaban J connectivity index is 2.32. The molecule has 5 nitrogen and oxygen atoms in total. The Hall–Kier alpha value is -0.850. The van der Waals surface area contributed by atoms with Crippen LogP contribution in [0.3, 0.4) is 0 Å². The highest BCUT2D eigenvalue weighted by Gasteiger charge is 2.06. The van der Waals surface area contributed by atoms with Crippen molar-refractivity contribution in [1.82, 2.24) is 20.4 Å². The molecule has 0 saturated carbocycles. The highest BCUT2D eigenvalue weighted by Crippen LogP contribution is 2.12. The fraction of sp³-hybridized carbons (Fsp3) is 0.556. The number of rotatable bonds is 5. The molecule has 0 aromatic carbocycles. The number of hydrogen-bond donors (Lipinski definition) is 2. The Bertz CT molecular complexity index is 336. The molecule has 2 N–H and O–H groups in total. The number of nitrogens with zero attached hydrogens (tertiary/aromatic N) is 2. The maximum atomic E-state index is 5.95. The van der Waals surface area contributed by atoms with Crippen LogP contribution in [-0.2, 0) is 18.3 Å². The average molecular weight is 263 g/mol. The summed E-state index contributed by atoms with van der Waals surface area (Å²) in [6.45, 7) is 1.85. The predicted octanol–water partition coefficient (Wildman–Crippen LogP) is 0.684. The lowest BCUT2D eigenvalue weighted by Gasteiger charge is -2.10. The molecule has 16 heavy (non-hydrogen) atoms. The van der Waals surface area contributed by atoms with Gasteiger partial charge in [0.2, 0.25) is 0 Å². The molecule has 0 aliphatic rings. The number of thiocarbonyl (C=S) groups is 1. The van der Waals surface area contributed by atoms with Crippen LogP contribution in [0.4, 0.5) is 0 Å². The first-order chi connectivity index (χ1) is 7.65. The van der Waals surface area contributed by atoms with Gasteiger partial charge in [-0.3, -0.25) is 4.68 Å². The van der Waals surface area contributed by atoms with Crippen molar-refractivity contribution in [3.63, 3.8) is 0 Å². The Kier molecular flexibility index (Phi) is 5.51. The third-order valence-corrected chi connectivity index (χ3v) is 2.62. The zero-order valence-electron chi connectivity index (χ0n) is 9.29. The van der Waals surface area contributed by atoms with E-state index in [1.54, 1.807) is 18.0 Å². The topological polar surface area (TPSA) is 51.1 Å². The molecule has 0 unspecified atom stereocenters. The third kappa shape index (κ3) is 3.96. The molecule has 7 heteroatoms. The molecule has 0 amide bonds. The molecule has 0 spiro atoms. The van der Waals surface area contributed by atoms with Crippen LogP contribution < -0.4 is 10.6 Å². The van der Waals surface area contributed by atoms with Crippen LogP contribution in [0.5, 0.6) is 0 Å². The fourth-order valence-electron chi connectivity index (χ4n) is 1.13.